The summed E-state index contributed by atoms with van der Waals surface area (Å²) in [6.07, 6.45) is 10.4. The highest BCUT2D eigenvalue weighted by Crippen LogP contribution is 2.44. The van der Waals surface area contributed by atoms with E-state index in [2.05, 4.69) is 34.2 Å². The van der Waals surface area contributed by atoms with Gasteiger partial charge in [0, 0.05) is 35.6 Å². The Morgan fingerprint density at radius 3 is 2.62 bits per heavy atom. The minimum Gasteiger partial charge on any atom is -0.306 e. The molecule has 0 atom stereocenters. The molecule has 164 valence electrons. The summed E-state index contributed by atoms with van der Waals surface area (Å²) in [5.74, 6) is 0.0923. The Kier molecular flexibility index (Phi) is 5.37. The summed E-state index contributed by atoms with van der Waals surface area (Å²) in [5, 5.41) is 7.08. The third-order valence-electron chi connectivity index (χ3n) is 6.76. The number of carbonyl (C=O) groups is 1. The Bertz CT molecular complexity index is 1200. The van der Waals surface area contributed by atoms with E-state index in [0.717, 1.165) is 72.2 Å². The second-order valence-corrected chi connectivity index (χ2v) is 9.27. The smallest absolute Gasteiger partial charge is 0.267 e. The summed E-state index contributed by atoms with van der Waals surface area (Å²) in [6.45, 7) is 2.15. The lowest BCUT2D eigenvalue weighted by Gasteiger charge is -2.30. The lowest BCUT2D eigenvalue weighted by molar-refractivity contribution is -0.118. The van der Waals surface area contributed by atoms with Crippen molar-refractivity contribution in [3.63, 3.8) is 0 Å². The first-order valence-electron chi connectivity index (χ1n) is 11.4. The van der Waals surface area contributed by atoms with E-state index in [1.807, 2.05) is 29.2 Å². The van der Waals surface area contributed by atoms with Gasteiger partial charge in [0.1, 0.15) is 0 Å². The number of anilines is 1. The first-order valence-corrected chi connectivity index (χ1v) is 11.4. The number of pyridine rings is 1. The Morgan fingerprint density at radius 2 is 1.88 bits per heavy atom. The second kappa shape index (κ2) is 8.34. The van der Waals surface area contributed by atoms with E-state index < -0.39 is 0 Å². The number of aromatic amines is 1. The molecule has 2 aromatic heterocycles. The Morgan fingerprint density at radius 1 is 1.09 bits per heavy atom. The highest BCUT2D eigenvalue weighted by molar-refractivity contribution is 5.96. The van der Waals surface area contributed by atoms with E-state index in [0.29, 0.717) is 12.8 Å². The molecule has 6 nitrogen and oxygen atoms in total. The number of hydrogen-bond acceptors (Lipinski definition) is 4. The molecule has 0 saturated heterocycles. The van der Waals surface area contributed by atoms with Crippen molar-refractivity contribution < 1.29 is 4.79 Å². The number of carbonyl (C=O) groups excluding carboxylic acids is 1. The molecule has 2 aliphatic rings. The van der Waals surface area contributed by atoms with Crippen molar-refractivity contribution in [2.75, 3.05) is 4.90 Å². The molecule has 0 aliphatic heterocycles. The van der Waals surface area contributed by atoms with Crippen molar-refractivity contribution in [3.8, 4) is 0 Å². The van der Waals surface area contributed by atoms with Crippen molar-refractivity contribution in [2.24, 2.45) is 0 Å². The number of benzene rings is 1. The number of H-pyrrole nitrogens is 1. The predicted molar refractivity (Wildman–Crippen MR) is 124 cm³/mol. The van der Waals surface area contributed by atoms with Crippen LogP contribution < -0.4 is 10.5 Å². The van der Waals surface area contributed by atoms with Crippen LogP contribution in [-0.2, 0) is 30.5 Å². The summed E-state index contributed by atoms with van der Waals surface area (Å²) in [6, 6.07) is 12.0. The lowest BCUT2D eigenvalue weighted by Crippen LogP contribution is -2.41. The minimum absolute atomic E-state index is 0.0500. The highest BCUT2D eigenvalue weighted by atomic mass is 16.2. The fourth-order valence-electron chi connectivity index (χ4n) is 4.79. The highest BCUT2D eigenvalue weighted by Gasteiger charge is 2.46. The standard InChI is InChI=1S/C26H28N4O2/c1-26(11-12-26)30(24(31)16-19-7-5-13-27-17-19)20-8-4-6-18(14-20)15-23-21-9-2-3-10-22(21)25(32)29-28-23/h4-8,13-14,17H,2-3,9-12,15-16H2,1H3,(H,29,32). The number of nitrogens with one attached hydrogen (secondary N) is 1. The van der Waals surface area contributed by atoms with Gasteiger partial charge in [0.2, 0.25) is 5.91 Å². The largest absolute Gasteiger partial charge is 0.306 e. The molecule has 1 saturated carbocycles. The van der Waals surface area contributed by atoms with Crippen molar-refractivity contribution in [3.05, 3.63) is 87.1 Å². The quantitative estimate of drug-likeness (QED) is 0.648. The Hall–Kier alpha value is -3.28. The van der Waals surface area contributed by atoms with Gasteiger partial charge in [0.15, 0.2) is 0 Å². The van der Waals surface area contributed by atoms with Crippen LogP contribution in [-0.4, -0.2) is 26.6 Å². The molecule has 6 heteroatoms. The number of hydrogen-bond donors (Lipinski definition) is 1. The van der Waals surface area contributed by atoms with Crippen LogP contribution in [0.25, 0.3) is 0 Å². The van der Waals surface area contributed by atoms with Crippen LogP contribution in [0.4, 0.5) is 5.69 Å². The zero-order valence-electron chi connectivity index (χ0n) is 18.4. The molecule has 5 rings (SSSR count). The van der Waals surface area contributed by atoms with E-state index in [1.165, 1.54) is 0 Å². The SMILES string of the molecule is CC1(N(C(=O)Cc2cccnc2)c2cccc(Cc3n[nH]c(=O)c4c3CCCC4)c2)CC1. The van der Waals surface area contributed by atoms with Crippen molar-refractivity contribution in [1.82, 2.24) is 15.2 Å². The number of aromatic nitrogens is 3. The molecule has 1 aromatic carbocycles. The van der Waals surface area contributed by atoms with E-state index in [9.17, 15) is 9.59 Å². The Labute approximate surface area is 187 Å². The van der Waals surface area contributed by atoms with Crippen LogP contribution in [0.5, 0.6) is 0 Å². The molecule has 0 unspecified atom stereocenters. The average molecular weight is 429 g/mol. The average Bonchev–Trinajstić information content (AvgIpc) is 3.54. The van der Waals surface area contributed by atoms with Gasteiger partial charge in [-0.25, -0.2) is 5.10 Å². The predicted octanol–water partition coefficient (Wildman–Crippen LogP) is 3.76. The fourth-order valence-corrected chi connectivity index (χ4v) is 4.79. The zero-order valence-corrected chi connectivity index (χ0v) is 18.4. The minimum atomic E-state index is -0.132. The van der Waals surface area contributed by atoms with Gasteiger partial charge in [0.25, 0.3) is 5.56 Å². The lowest BCUT2D eigenvalue weighted by atomic mass is 9.90. The van der Waals surface area contributed by atoms with Crippen molar-refractivity contribution in [2.45, 2.75) is 63.8 Å². The number of amides is 1. The summed E-state index contributed by atoms with van der Waals surface area (Å²) in [4.78, 5) is 31.7. The van der Waals surface area contributed by atoms with E-state index >= 15 is 0 Å². The van der Waals surface area contributed by atoms with Crippen LogP contribution >= 0.6 is 0 Å². The van der Waals surface area contributed by atoms with Crippen LogP contribution in [0.2, 0.25) is 0 Å². The summed E-state index contributed by atoms with van der Waals surface area (Å²) in [5.41, 5.74) is 5.72. The van der Waals surface area contributed by atoms with Gasteiger partial charge in [-0.05, 0) is 80.3 Å². The maximum Gasteiger partial charge on any atom is 0.267 e. The first-order chi connectivity index (χ1) is 15.5. The van der Waals surface area contributed by atoms with Gasteiger partial charge in [-0.2, -0.15) is 5.10 Å². The topological polar surface area (TPSA) is 79.0 Å². The maximum atomic E-state index is 13.3. The van der Waals surface area contributed by atoms with Crippen molar-refractivity contribution in [1.29, 1.82) is 0 Å². The first kappa shape index (κ1) is 20.6. The third-order valence-corrected chi connectivity index (χ3v) is 6.76. The van der Waals surface area contributed by atoms with Gasteiger partial charge in [-0.3, -0.25) is 14.6 Å². The molecule has 0 bridgehead atoms. The molecule has 3 aromatic rings. The summed E-state index contributed by atoms with van der Waals surface area (Å²) >= 11 is 0. The summed E-state index contributed by atoms with van der Waals surface area (Å²) in [7, 11) is 0. The van der Waals surface area contributed by atoms with E-state index in [1.54, 1.807) is 12.4 Å². The molecule has 0 spiro atoms. The summed E-state index contributed by atoms with van der Waals surface area (Å²) < 4.78 is 0. The zero-order chi connectivity index (χ0) is 22.1. The molecule has 0 radical (unpaired) electrons. The van der Waals surface area contributed by atoms with Crippen molar-refractivity contribution >= 4 is 11.6 Å². The number of rotatable bonds is 6. The van der Waals surface area contributed by atoms with Crippen LogP contribution in [0.15, 0.2) is 53.6 Å². The normalized spacial score (nSPS) is 16.3. The molecule has 1 N–H and O–H groups in total. The molecule has 1 fully saturated rings. The van der Waals surface area contributed by atoms with Gasteiger partial charge in [-0.1, -0.05) is 18.2 Å². The van der Waals surface area contributed by atoms with Crippen LogP contribution in [0.3, 0.4) is 0 Å². The van der Waals surface area contributed by atoms with Crippen LogP contribution in [0, 0.1) is 0 Å². The van der Waals surface area contributed by atoms with Gasteiger partial charge in [-0.15, -0.1) is 0 Å². The van der Waals surface area contributed by atoms with Gasteiger partial charge >= 0.3 is 0 Å². The van der Waals surface area contributed by atoms with E-state index in [-0.39, 0.29) is 17.0 Å². The van der Waals surface area contributed by atoms with Gasteiger partial charge in [0.05, 0.1) is 12.1 Å². The molecule has 2 aliphatic carbocycles. The molecular weight excluding hydrogens is 400 g/mol. The fraction of sp³-hybridized carbons (Fsp3) is 0.385. The number of nitrogens with zero attached hydrogens (tertiary/aromatic N) is 3. The monoisotopic (exact) mass is 428 g/mol. The maximum absolute atomic E-state index is 13.3. The van der Waals surface area contributed by atoms with Crippen LogP contribution in [0.1, 0.15) is 60.6 Å². The Balaban J connectivity index is 1.43. The molecule has 1 amide bonds. The number of fused-ring (bicyclic) bond motifs is 1. The molecular formula is C26H28N4O2. The molecule has 32 heavy (non-hydrogen) atoms. The van der Waals surface area contributed by atoms with E-state index in [4.69, 9.17) is 0 Å². The second-order valence-electron chi connectivity index (χ2n) is 9.27. The third kappa shape index (κ3) is 4.09. The molecule has 2 heterocycles. The van der Waals surface area contributed by atoms with Gasteiger partial charge < -0.3 is 4.90 Å².